The highest BCUT2D eigenvalue weighted by Crippen LogP contribution is 2.61. The van der Waals surface area contributed by atoms with Gasteiger partial charge in [-0.05, 0) is 33.7 Å². The fourth-order valence-corrected chi connectivity index (χ4v) is 3.92. The van der Waals surface area contributed by atoms with E-state index in [1.54, 1.807) is 12.1 Å². The second kappa shape index (κ2) is 13.8. The molecule has 17 heteroatoms. The molecule has 37 heavy (non-hydrogen) atoms. The molecule has 0 saturated heterocycles. The van der Waals surface area contributed by atoms with Crippen molar-refractivity contribution in [1.82, 2.24) is 19.9 Å². The van der Waals surface area contributed by atoms with E-state index in [1.165, 1.54) is 41.1 Å². The van der Waals surface area contributed by atoms with Crippen molar-refractivity contribution >= 4 is 95.5 Å². The summed E-state index contributed by atoms with van der Waals surface area (Å²) < 4.78 is 30.0. The molecule has 0 aliphatic heterocycles. The van der Waals surface area contributed by atoms with E-state index in [9.17, 15) is 9.36 Å². The van der Waals surface area contributed by atoms with Crippen LogP contribution in [0.25, 0.3) is 21.8 Å². The van der Waals surface area contributed by atoms with Gasteiger partial charge in [-0.25, -0.2) is 15.0 Å². The number of nitrogens with zero attached hydrogens (tertiary/aromatic N) is 3. The summed E-state index contributed by atoms with van der Waals surface area (Å²) in [5.41, 5.74) is 0.769. The predicted octanol–water partition coefficient (Wildman–Crippen LogP) is 7.36. The molecule has 0 fully saturated rings. The number of aromatic amines is 1. The number of aromatic nitrogens is 4. The third-order valence-electron chi connectivity index (χ3n) is 4.38. The second-order valence-electron chi connectivity index (χ2n) is 6.44. The van der Waals surface area contributed by atoms with Gasteiger partial charge in [-0.2, -0.15) is 0 Å². The molecule has 2 aromatic carbocycles. The van der Waals surface area contributed by atoms with Crippen molar-refractivity contribution in [2.45, 2.75) is 0 Å². The largest absolute Gasteiger partial charge is 0.493 e. The van der Waals surface area contributed by atoms with Crippen LogP contribution in [-0.2, 0) is 4.57 Å². The number of hydrogen-bond acceptors (Lipinski definition) is 9. The molecule has 10 nitrogen and oxygen atoms in total. The summed E-state index contributed by atoms with van der Waals surface area (Å²) in [6.07, 6.45) is 2.68. The Bertz CT molecular complexity index is 1510. The van der Waals surface area contributed by atoms with Crippen LogP contribution < -0.4 is 24.5 Å². The number of ether oxygens (including phenoxy) is 4. The van der Waals surface area contributed by atoms with Crippen LogP contribution in [0.15, 0.2) is 29.6 Å². The molecular weight excluding hydrogens is 636 g/mol. The lowest BCUT2D eigenvalue weighted by atomic mass is 10.2. The second-order valence-corrected chi connectivity index (χ2v) is 14.2. The van der Waals surface area contributed by atoms with E-state index in [2.05, 4.69) is 53.7 Å². The minimum atomic E-state index is -3.22. The Hall–Kier alpha value is -1.91. The van der Waals surface area contributed by atoms with Crippen LogP contribution in [0.1, 0.15) is 0 Å². The highest BCUT2D eigenvalue weighted by atomic mass is 36.0. The van der Waals surface area contributed by atoms with Crippen LogP contribution >= 0.6 is 73.7 Å². The Kier molecular flexibility index (Phi) is 11.6. The van der Waals surface area contributed by atoms with E-state index in [1.807, 2.05) is 0 Å². The average molecular weight is 653 g/mol. The third-order valence-corrected chi connectivity index (χ3v) is 5.39. The molecular formula is C20H17Cl6N4O6P. The maximum Gasteiger partial charge on any atom is 0.339 e. The zero-order chi connectivity index (χ0) is 27.9. The zero-order valence-electron chi connectivity index (χ0n) is 19.3. The van der Waals surface area contributed by atoms with Crippen molar-refractivity contribution < 1.29 is 23.5 Å². The Morgan fingerprint density at radius 2 is 1.22 bits per heavy atom. The number of nitrogens with one attached hydrogen (secondary N) is 1. The van der Waals surface area contributed by atoms with Gasteiger partial charge in [-0.3, -0.25) is 9.36 Å². The minimum Gasteiger partial charge on any atom is -0.493 e. The third kappa shape index (κ3) is 8.04. The van der Waals surface area contributed by atoms with Crippen LogP contribution in [0.5, 0.6) is 23.0 Å². The van der Waals surface area contributed by atoms with Gasteiger partial charge in [0.15, 0.2) is 23.0 Å². The SMILES string of the molecule is COc1cc2nc[nH]c(=O)c2c(Cl)c1OC.COc1cc2ncnc(Cl)c2c(Cl)c1OC.O=P(Cl)(Cl)Cl. The molecule has 0 aliphatic carbocycles. The Morgan fingerprint density at radius 1 is 0.757 bits per heavy atom. The monoisotopic (exact) mass is 650 g/mol. The molecule has 0 radical (unpaired) electrons. The molecule has 0 amide bonds. The van der Waals surface area contributed by atoms with Gasteiger partial charge in [0.25, 0.3) is 5.56 Å². The lowest BCUT2D eigenvalue weighted by molar-refractivity contribution is 0.356. The quantitative estimate of drug-likeness (QED) is 0.178. The molecule has 4 rings (SSSR count). The first-order chi connectivity index (χ1) is 17.4. The number of benzene rings is 2. The van der Waals surface area contributed by atoms with E-state index in [4.69, 9.17) is 53.8 Å². The van der Waals surface area contributed by atoms with Crippen molar-refractivity contribution in [3.63, 3.8) is 0 Å². The van der Waals surface area contributed by atoms with Crippen molar-refractivity contribution in [2.75, 3.05) is 28.4 Å². The minimum absolute atomic E-state index is 0.200. The number of rotatable bonds is 4. The van der Waals surface area contributed by atoms with Gasteiger partial charge >= 0.3 is 5.20 Å². The molecule has 0 saturated carbocycles. The Balaban J connectivity index is 0.000000221. The first kappa shape index (κ1) is 31.3. The van der Waals surface area contributed by atoms with Gasteiger partial charge in [0.2, 0.25) is 0 Å². The van der Waals surface area contributed by atoms with Crippen molar-refractivity contribution in [1.29, 1.82) is 0 Å². The van der Waals surface area contributed by atoms with Gasteiger partial charge in [0.1, 0.15) is 16.5 Å². The van der Waals surface area contributed by atoms with Crippen LogP contribution in [-0.4, -0.2) is 48.4 Å². The molecule has 0 atom stereocenters. The van der Waals surface area contributed by atoms with Crippen LogP contribution in [0.4, 0.5) is 0 Å². The molecule has 200 valence electrons. The number of halogens is 6. The Morgan fingerprint density at radius 3 is 1.68 bits per heavy atom. The van der Waals surface area contributed by atoms with Gasteiger partial charge in [0.05, 0.1) is 61.6 Å². The zero-order valence-corrected chi connectivity index (χ0v) is 24.7. The fraction of sp³-hybridized carbons (Fsp3) is 0.200. The maximum absolute atomic E-state index is 11.6. The standard InChI is InChI=1S/C10H8Cl2N2O2.C10H9ClN2O3.Cl3OP/c1-15-6-3-5-7(8(11)9(6)16-2)10(12)14-4-13-5;1-15-6-3-5-7(8(11)9(6)16-2)10(14)13-4-12-5;1-5(2,3)4/h3-4H,1-2H3;3-4H,1-2H3,(H,12,13,14);. The summed E-state index contributed by atoms with van der Waals surface area (Å²) in [5.74, 6) is 1.71. The lowest BCUT2D eigenvalue weighted by Crippen LogP contribution is -2.07. The molecule has 2 aromatic heterocycles. The van der Waals surface area contributed by atoms with E-state index >= 15 is 0 Å². The van der Waals surface area contributed by atoms with E-state index in [-0.39, 0.29) is 15.7 Å². The molecule has 4 aromatic rings. The van der Waals surface area contributed by atoms with Crippen LogP contribution in [0.3, 0.4) is 0 Å². The first-order valence-electron chi connectivity index (χ1n) is 9.55. The number of fused-ring (bicyclic) bond motifs is 2. The van der Waals surface area contributed by atoms with E-state index in [0.717, 1.165) is 0 Å². The number of H-pyrrole nitrogens is 1. The summed E-state index contributed by atoms with van der Waals surface area (Å²) in [7, 11) is 5.99. The van der Waals surface area contributed by atoms with Crippen molar-refractivity contribution in [3.8, 4) is 23.0 Å². The van der Waals surface area contributed by atoms with E-state index in [0.29, 0.717) is 49.8 Å². The average Bonchev–Trinajstić information content (AvgIpc) is 2.83. The van der Waals surface area contributed by atoms with Gasteiger partial charge < -0.3 is 23.9 Å². The van der Waals surface area contributed by atoms with E-state index < -0.39 is 5.20 Å². The normalized spacial score (nSPS) is 10.6. The molecule has 0 bridgehead atoms. The summed E-state index contributed by atoms with van der Waals surface area (Å²) >= 11 is 32.0. The van der Waals surface area contributed by atoms with Crippen molar-refractivity contribution in [3.05, 3.63) is 50.3 Å². The Labute approximate surface area is 239 Å². The molecule has 2 heterocycles. The summed E-state index contributed by atoms with van der Waals surface area (Å²) in [5, 5.41) is -1.53. The summed E-state index contributed by atoms with van der Waals surface area (Å²) in [4.78, 5) is 26.0. The lowest BCUT2D eigenvalue weighted by Gasteiger charge is -2.11. The topological polar surface area (TPSA) is 126 Å². The van der Waals surface area contributed by atoms with Crippen LogP contribution in [0, 0.1) is 0 Å². The molecule has 0 spiro atoms. The smallest absolute Gasteiger partial charge is 0.339 e. The molecule has 0 aliphatic rings. The van der Waals surface area contributed by atoms with Crippen LogP contribution in [0.2, 0.25) is 15.2 Å². The van der Waals surface area contributed by atoms with Gasteiger partial charge in [0, 0.05) is 12.1 Å². The highest BCUT2D eigenvalue weighted by Gasteiger charge is 2.17. The highest BCUT2D eigenvalue weighted by molar-refractivity contribution is 8.24. The fourth-order valence-electron chi connectivity index (χ4n) is 2.93. The first-order valence-corrected chi connectivity index (χ1v) is 15.1. The summed E-state index contributed by atoms with van der Waals surface area (Å²) in [6, 6.07) is 3.31. The van der Waals surface area contributed by atoms with Gasteiger partial charge in [-0.1, -0.05) is 34.8 Å². The predicted molar refractivity (Wildman–Crippen MR) is 148 cm³/mol. The summed E-state index contributed by atoms with van der Waals surface area (Å²) in [6.45, 7) is 0. The number of methoxy groups -OCH3 is 4. The maximum atomic E-state index is 11.6. The molecule has 1 N–H and O–H groups in total. The molecule has 0 unspecified atom stereocenters. The van der Waals surface area contributed by atoms with Crippen molar-refractivity contribution in [2.24, 2.45) is 0 Å². The van der Waals surface area contributed by atoms with Gasteiger partial charge in [-0.15, -0.1) is 0 Å². The number of hydrogen-bond donors (Lipinski definition) is 1.